The highest BCUT2D eigenvalue weighted by Crippen LogP contribution is 2.04. The Bertz CT molecular complexity index is 496. The van der Waals surface area contributed by atoms with Crippen molar-refractivity contribution in [3.8, 4) is 0 Å². The van der Waals surface area contributed by atoms with E-state index in [9.17, 15) is 9.90 Å². The van der Waals surface area contributed by atoms with Gasteiger partial charge in [-0.05, 0) is 39.7 Å². The van der Waals surface area contributed by atoms with Crippen molar-refractivity contribution in [2.75, 3.05) is 46.9 Å². The lowest BCUT2D eigenvalue weighted by Crippen LogP contribution is -2.44. The second-order valence-electron chi connectivity index (χ2n) is 5.80. The van der Waals surface area contributed by atoms with Crippen LogP contribution in [-0.2, 0) is 11.3 Å². The summed E-state index contributed by atoms with van der Waals surface area (Å²) < 4.78 is 4.98. The summed E-state index contributed by atoms with van der Waals surface area (Å²) in [6.45, 7) is 7.56. The van der Waals surface area contributed by atoms with Gasteiger partial charge >= 0.3 is 5.97 Å². The van der Waals surface area contributed by atoms with Crippen molar-refractivity contribution >= 4 is 5.97 Å². The molecule has 0 saturated carbocycles. The normalized spacial score (nSPS) is 12.6. The molecule has 0 radical (unpaired) electrons. The first-order chi connectivity index (χ1) is 11.5. The zero-order chi connectivity index (χ0) is 17.9. The number of hydrogen-bond acceptors (Lipinski definition) is 7. The number of hydrogen-bond donors (Lipinski definition) is 2. The number of aliphatic hydroxyl groups is 1. The number of pyridine rings is 1. The summed E-state index contributed by atoms with van der Waals surface area (Å²) in [6, 6.07) is 3.34. The molecule has 0 aromatic carbocycles. The number of ether oxygens (including phenoxy) is 1. The van der Waals surface area contributed by atoms with E-state index in [1.165, 1.54) is 0 Å². The Morgan fingerprint density at radius 1 is 1.38 bits per heavy atom. The van der Waals surface area contributed by atoms with Gasteiger partial charge in [0.25, 0.3) is 0 Å². The van der Waals surface area contributed by atoms with E-state index in [2.05, 4.69) is 15.2 Å². The number of nitrogens with zero attached hydrogens (tertiary/aromatic N) is 3. The Kier molecular flexibility index (Phi) is 9.48. The Hall–Kier alpha value is -1.54. The molecule has 1 aromatic rings. The molecule has 7 heteroatoms. The van der Waals surface area contributed by atoms with E-state index in [1.807, 2.05) is 25.9 Å². The van der Waals surface area contributed by atoms with E-state index in [-0.39, 0.29) is 5.97 Å². The quantitative estimate of drug-likeness (QED) is 0.451. The second-order valence-corrected chi connectivity index (χ2v) is 5.80. The van der Waals surface area contributed by atoms with Gasteiger partial charge in [-0.3, -0.25) is 9.88 Å². The van der Waals surface area contributed by atoms with Crippen molar-refractivity contribution in [2.45, 2.75) is 26.6 Å². The van der Waals surface area contributed by atoms with Crippen LogP contribution in [0.1, 0.15) is 29.9 Å². The molecule has 1 rings (SSSR count). The zero-order valence-corrected chi connectivity index (χ0v) is 15.2. The van der Waals surface area contributed by atoms with Gasteiger partial charge < -0.3 is 20.1 Å². The van der Waals surface area contributed by atoms with Crippen molar-refractivity contribution in [1.29, 1.82) is 0 Å². The second kappa shape index (κ2) is 11.1. The van der Waals surface area contributed by atoms with E-state index < -0.39 is 6.23 Å². The predicted octanol–water partition coefficient (Wildman–Crippen LogP) is 0.550. The van der Waals surface area contributed by atoms with Crippen LogP contribution in [0, 0.1) is 0 Å². The Balaban J connectivity index is 2.45. The van der Waals surface area contributed by atoms with Crippen LogP contribution in [0.3, 0.4) is 0 Å². The molecule has 1 atom stereocenters. The van der Waals surface area contributed by atoms with Gasteiger partial charge in [-0.2, -0.15) is 0 Å². The minimum atomic E-state index is -0.553. The summed E-state index contributed by atoms with van der Waals surface area (Å²) in [5.74, 6) is -0.345. The van der Waals surface area contributed by atoms with Gasteiger partial charge in [-0.1, -0.05) is 6.92 Å². The molecule has 0 aliphatic heterocycles. The highest BCUT2D eigenvalue weighted by atomic mass is 16.5. The minimum absolute atomic E-state index is 0.345. The summed E-state index contributed by atoms with van der Waals surface area (Å²) in [7, 11) is 4.03. The minimum Gasteiger partial charge on any atom is -0.462 e. The number of aliphatic hydroxyl groups excluding tert-OH is 1. The molecule has 24 heavy (non-hydrogen) atoms. The first-order valence-electron chi connectivity index (χ1n) is 8.37. The summed E-state index contributed by atoms with van der Waals surface area (Å²) in [5.41, 5.74) is 1.23. The summed E-state index contributed by atoms with van der Waals surface area (Å²) in [6.07, 6.45) is 1.04. The fourth-order valence-electron chi connectivity index (χ4n) is 2.22. The maximum absolute atomic E-state index is 11.7. The smallest absolute Gasteiger partial charge is 0.338 e. The first kappa shape index (κ1) is 20.5. The van der Waals surface area contributed by atoms with Gasteiger partial charge in [0.2, 0.25) is 0 Å². The van der Waals surface area contributed by atoms with Crippen LogP contribution in [0.25, 0.3) is 0 Å². The summed E-state index contributed by atoms with van der Waals surface area (Å²) in [4.78, 5) is 20.0. The molecule has 0 fully saturated rings. The molecule has 1 heterocycles. The SMILES string of the molecule is CCOC(=O)c1ccnc(CNCC(O)N(CC)CCN(C)C)c1. The Morgan fingerprint density at radius 3 is 2.75 bits per heavy atom. The molecular weight excluding hydrogens is 308 g/mol. The monoisotopic (exact) mass is 338 g/mol. The van der Waals surface area contributed by atoms with Crippen LogP contribution >= 0.6 is 0 Å². The molecule has 136 valence electrons. The van der Waals surface area contributed by atoms with Crippen molar-refractivity contribution in [2.24, 2.45) is 0 Å². The lowest BCUT2D eigenvalue weighted by molar-refractivity contribution is 0.00481. The van der Waals surface area contributed by atoms with Crippen LogP contribution < -0.4 is 5.32 Å². The van der Waals surface area contributed by atoms with E-state index in [1.54, 1.807) is 25.3 Å². The third-order valence-electron chi connectivity index (χ3n) is 3.62. The molecule has 0 bridgehead atoms. The number of carbonyl (C=O) groups is 1. The number of aromatic nitrogens is 1. The largest absolute Gasteiger partial charge is 0.462 e. The maximum Gasteiger partial charge on any atom is 0.338 e. The van der Waals surface area contributed by atoms with Crippen molar-refractivity contribution in [1.82, 2.24) is 20.1 Å². The average molecular weight is 338 g/mol. The van der Waals surface area contributed by atoms with Gasteiger partial charge in [0.05, 0.1) is 17.9 Å². The zero-order valence-electron chi connectivity index (χ0n) is 15.2. The third kappa shape index (κ3) is 7.35. The number of rotatable bonds is 11. The van der Waals surface area contributed by atoms with Crippen LogP contribution in [-0.4, -0.2) is 79.0 Å². The fraction of sp³-hybridized carbons (Fsp3) is 0.647. The third-order valence-corrected chi connectivity index (χ3v) is 3.62. The van der Waals surface area contributed by atoms with Gasteiger partial charge in [-0.25, -0.2) is 4.79 Å². The maximum atomic E-state index is 11.7. The van der Waals surface area contributed by atoms with Gasteiger partial charge in [0.1, 0.15) is 6.23 Å². The van der Waals surface area contributed by atoms with Gasteiger partial charge in [0, 0.05) is 32.4 Å². The molecular formula is C17H30N4O3. The van der Waals surface area contributed by atoms with Crippen molar-refractivity contribution in [3.05, 3.63) is 29.6 Å². The predicted molar refractivity (Wildman–Crippen MR) is 93.7 cm³/mol. The average Bonchev–Trinajstić information content (AvgIpc) is 2.55. The Labute approximate surface area is 144 Å². The molecule has 1 unspecified atom stereocenters. The van der Waals surface area contributed by atoms with E-state index in [4.69, 9.17) is 4.74 Å². The molecule has 0 aliphatic rings. The lowest BCUT2D eigenvalue weighted by Gasteiger charge is -2.27. The van der Waals surface area contributed by atoms with Crippen LogP contribution in [0.2, 0.25) is 0 Å². The number of nitrogens with one attached hydrogen (secondary N) is 1. The number of carbonyl (C=O) groups excluding carboxylic acids is 1. The molecule has 0 saturated heterocycles. The highest BCUT2D eigenvalue weighted by molar-refractivity contribution is 5.89. The van der Waals surface area contributed by atoms with Crippen LogP contribution in [0.15, 0.2) is 18.3 Å². The van der Waals surface area contributed by atoms with Crippen LogP contribution in [0.4, 0.5) is 0 Å². The van der Waals surface area contributed by atoms with Gasteiger partial charge in [0.15, 0.2) is 0 Å². The van der Waals surface area contributed by atoms with E-state index in [0.717, 1.165) is 25.3 Å². The highest BCUT2D eigenvalue weighted by Gasteiger charge is 2.14. The number of esters is 1. The molecule has 2 N–H and O–H groups in total. The molecule has 0 amide bonds. The fourth-order valence-corrected chi connectivity index (χ4v) is 2.22. The molecule has 0 spiro atoms. The number of likely N-dealkylation sites (N-methyl/N-ethyl adjacent to an activating group) is 2. The summed E-state index contributed by atoms with van der Waals surface area (Å²) in [5, 5.41) is 13.4. The lowest BCUT2D eigenvalue weighted by atomic mass is 10.2. The molecule has 0 aliphatic carbocycles. The summed E-state index contributed by atoms with van der Waals surface area (Å²) >= 11 is 0. The molecule has 1 aromatic heterocycles. The van der Waals surface area contributed by atoms with Crippen molar-refractivity contribution < 1.29 is 14.6 Å². The standard InChI is InChI=1S/C17H30N4O3/c1-5-21(10-9-20(3)4)16(22)13-18-12-15-11-14(7-8-19-15)17(23)24-6-2/h7-8,11,16,18,22H,5-6,9-10,12-13H2,1-4H3. The van der Waals surface area contributed by atoms with Crippen LogP contribution in [0.5, 0.6) is 0 Å². The topological polar surface area (TPSA) is 77.9 Å². The molecule has 7 nitrogen and oxygen atoms in total. The van der Waals surface area contributed by atoms with Gasteiger partial charge in [-0.15, -0.1) is 0 Å². The van der Waals surface area contributed by atoms with E-state index in [0.29, 0.717) is 25.3 Å². The van der Waals surface area contributed by atoms with E-state index >= 15 is 0 Å². The van der Waals surface area contributed by atoms with Crippen molar-refractivity contribution in [3.63, 3.8) is 0 Å². The first-order valence-corrected chi connectivity index (χ1v) is 8.37. The Morgan fingerprint density at radius 2 is 2.12 bits per heavy atom.